The molecule has 0 radical (unpaired) electrons. The molecule has 1 N–H and O–H groups in total. The molecule has 0 saturated heterocycles. The van der Waals surface area contributed by atoms with E-state index in [2.05, 4.69) is 37.4 Å². The fraction of sp³-hybridized carbons (Fsp3) is 0.500. The van der Waals surface area contributed by atoms with Crippen molar-refractivity contribution in [3.8, 4) is 0 Å². The number of benzene rings is 1. The Kier molecular flexibility index (Phi) is 4.82. The van der Waals surface area contributed by atoms with Crippen molar-refractivity contribution in [2.45, 2.75) is 45.6 Å². The standard InChI is InChI=1S/C16H23NO/c1-3-5-6-15(17-4-2)11-13-7-8-14-9-10-18-16(14)12-13/h7-10,12,15,17H,3-6,11H2,1-2H3. The molecular formula is C16H23NO. The van der Waals surface area contributed by atoms with Crippen molar-refractivity contribution in [2.24, 2.45) is 0 Å². The predicted octanol–water partition coefficient (Wildman–Crippen LogP) is 4.14. The molecule has 0 fully saturated rings. The minimum atomic E-state index is 0.586. The lowest BCUT2D eigenvalue weighted by molar-refractivity contribution is 0.473. The summed E-state index contributed by atoms with van der Waals surface area (Å²) >= 11 is 0. The van der Waals surface area contributed by atoms with Gasteiger partial charge in [-0.15, -0.1) is 0 Å². The highest BCUT2D eigenvalue weighted by Crippen LogP contribution is 2.18. The largest absolute Gasteiger partial charge is 0.464 e. The second kappa shape index (κ2) is 6.60. The second-order valence-electron chi connectivity index (χ2n) is 4.89. The van der Waals surface area contributed by atoms with E-state index in [1.54, 1.807) is 6.26 Å². The number of furan rings is 1. The molecule has 1 atom stereocenters. The SMILES string of the molecule is CCCCC(Cc1ccc2ccoc2c1)NCC. The molecule has 0 bridgehead atoms. The summed E-state index contributed by atoms with van der Waals surface area (Å²) in [6, 6.07) is 9.14. The zero-order valence-corrected chi connectivity index (χ0v) is 11.4. The van der Waals surface area contributed by atoms with Crippen molar-refractivity contribution in [3.63, 3.8) is 0 Å². The first kappa shape index (κ1) is 13.2. The van der Waals surface area contributed by atoms with E-state index in [1.807, 2.05) is 6.07 Å². The number of nitrogens with one attached hydrogen (secondary N) is 1. The molecule has 0 saturated carbocycles. The summed E-state index contributed by atoms with van der Waals surface area (Å²) in [5.41, 5.74) is 2.36. The highest BCUT2D eigenvalue weighted by Gasteiger charge is 2.08. The Labute approximate surface area is 109 Å². The van der Waals surface area contributed by atoms with Crippen molar-refractivity contribution >= 4 is 11.0 Å². The van der Waals surface area contributed by atoms with E-state index in [1.165, 1.54) is 30.2 Å². The van der Waals surface area contributed by atoms with Gasteiger partial charge in [-0.25, -0.2) is 0 Å². The molecule has 0 aliphatic heterocycles. The van der Waals surface area contributed by atoms with E-state index < -0.39 is 0 Å². The number of hydrogen-bond donors (Lipinski definition) is 1. The summed E-state index contributed by atoms with van der Waals surface area (Å²) in [5.74, 6) is 0. The minimum absolute atomic E-state index is 0.586. The lowest BCUT2D eigenvalue weighted by Crippen LogP contribution is -2.30. The van der Waals surface area contributed by atoms with Crippen molar-refractivity contribution in [2.75, 3.05) is 6.54 Å². The van der Waals surface area contributed by atoms with Gasteiger partial charge in [0, 0.05) is 11.4 Å². The average molecular weight is 245 g/mol. The van der Waals surface area contributed by atoms with E-state index in [0.29, 0.717) is 6.04 Å². The van der Waals surface area contributed by atoms with Crippen LogP contribution in [0.25, 0.3) is 11.0 Å². The first-order valence-corrected chi connectivity index (χ1v) is 7.03. The molecule has 0 aliphatic rings. The van der Waals surface area contributed by atoms with Crippen LogP contribution in [0, 0.1) is 0 Å². The lowest BCUT2D eigenvalue weighted by atomic mass is 10.0. The fourth-order valence-corrected chi connectivity index (χ4v) is 2.43. The molecule has 0 amide bonds. The Morgan fingerprint density at radius 3 is 2.89 bits per heavy atom. The molecular weight excluding hydrogens is 222 g/mol. The number of fused-ring (bicyclic) bond motifs is 1. The highest BCUT2D eigenvalue weighted by molar-refractivity contribution is 5.77. The van der Waals surface area contributed by atoms with Crippen LogP contribution in [0.2, 0.25) is 0 Å². The number of hydrogen-bond acceptors (Lipinski definition) is 2. The van der Waals surface area contributed by atoms with Gasteiger partial charge in [-0.3, -0.25) is 0 Å². The zero-order valence-electron chi connectivity index (χ0n) is 11.4. The number of unbranched alkanes of at least 4 members (excludes halogenated alkanes) is 1. The predicted molar refractivity (Wildman–Crippen MR) is 76.9 cm³/mol. The Morgan fingerprint density at radius 2 is 2.11 bits per heavy atom. The Morgan fingerprint density at radius 1 is 1.22 bits per heavy atom. The molecule has 1 heterocycles. The minimum Gasteiger partial charge on any atom is -0.464 e. The Hall–Kier alpha value is -1.28. The summed E-state index contributed by atoms with van der Waals surface area (Å²) in [6.07, 6.45) is 6.65. The van der Waals surface area contributed by atoms with Crippen LogP contribution in [-0.2, 0) is 6.42 Å². The zero-order chi connectivity index (χ0) is 12.8. The molecule has 2 nitrogen and oxygen atoms in total. The quantitative estimate of drug-likeness (QED) is 0.793. The van der Waals surface area contributed by atoms with Crippen LogP contribution in [0.1, 0.15) is 38.7 Å². The first-order valence-electron chi connectivity index (χ1n) is 7.03. The van der Waals surface area contributed by atoms with Gasteiger partial charge in [0.25, 0.3) is 0 Å². The Bertz CT molecular complexity index is 475. The van der Waals surface area contributed by atoms with Gasteiger partial charge < -0.3 is 9.73 Å². The van der Waals surface area contributed by atoms with Crippen LogP contribution >= 0.6 is 0 Å². The van der Waals surface area contributed by atoms with Gasteiger partial charge in [-0.1, -0.05) is 38.8 Å². The van der Waals surface area contributed by atoms with Crippen molar-refractivity contribution in [1.29, 1.82) is 0 Å². The van der Waals surface area contributed by atoms with E-state index >= 15 is 0 Å². The summed E-state index contributed by atoms with van der Waals surface area (Å²) in [5, 5.41) is 4.76. The van der Waals surface area contributed by atoms with Crippen molar-refractivity contribution in [3.05, 3.63) is 36.1 Å². The summed E-state index contributed by atoms with van der Waals surface area (Å²) in [6.45, 7) is 5.46. The lowest BCUT2D eigenvalue weighted by Gasteiger charge is -2.17. The second-order valence-corrected chi connectivity index (χ2v) is 4.89. The van der Waals surface area contributed by atoms with E-state index in [0.717, 1.165) is 18.5 Å². The van der Waals surface area contributed by atoms with Crippen LogP contribution in [0.15, 0.2) is 34.9 Å². The molecule has 0 spiro atoms. The van der Waals surface area contributed by atoms with Gasteiger partial charge in [-0.05, 0) is 37.1 Å². The van der Waals surface area contributed by atoms with Crippen LogP contribution in [-0.4, -0.2) is 12.6 Å². The summed E-state index contributed by atoms with van der Waals surface area (Å²) in [7, 11) is 0. The van der Waals surface area contributed by atoms with Crippen molar-refractivity contribution in [1.82, 2.24) is 5.32 Å². The van der Waals surface area contributed by atoms with Crippen molar-refractivity contribution < 1.29 is 4.42 Å². The first-order chi connectivity index (χ1) is 8.83. The third-order valence-electron chi connectivity index (χ3n) is 3.40. The van der Waals surface area contributed by atoms with Crippen LogP contribution < -0.4 is 5.32 Å². The Balaban J connectivity index is 2.04. The van der Waals surface area contributed by atoms with Gasteiger partial charge in [0.15, 0.2) is 0 Å². The van der Waals surface area contributed by atoms with Gasteiger partial charge >= 0.3 is 0 Å². The van der Waals surface area contributed by atoms with Crippen LogP contribution in [0.5, 0.6) is 0 Å². The smallest absolute Gasteiger partial charge is 0.134 e. The van der Waals surface area contributed by atoms with Crippen LogP contribution in [0.3, 0.4) is 0 Å². The molecule has 1 aromatic carbocycles. The molecule has 1 aromatic heterocycles. The topological polar surface area (TPSA) is 25.2 Å². The van der Waals surface area contributed by atoms with Gasteiger partial charge in [0.05, 0.1) is 6.26 Å². The summed E-state index contributed by atoms with van der Waals surface area (Å²) in [4.78, 5) is 0. The molecule has 98 valence electrons. The molecule has 1 unspecified atom stereocenters. The normalized spacial score (nSPS) is 13.0. The van der Waals surface area contributed by atoms with Gasteiger partial charge in [0.1, 0.15) is 5.58 Å². The van der Waals surface area contributed by atoms with Gasteiger partial charge in [-0.2, -0.15) is 0 Å². The molecule has 0 aliphatic carbocycles. The van der Waals surface area contributed by atoms with E-state index in [-0.39, 0.29) is 0 Å². The average Bonchev–Trinajstić information content (AvgIpc) is 2.83. The maximum Gasteiger partial charge on any atom is 0.134 e. The molecule has 2 rings (SSSR count). The molecule has 2 aromatic rings. The van der Waals surface area contributed by atoms with Gasteiger partial charge in [0.2, 0.25) is 0 Å². The number of likely N-dealkylation sites (N-methyl/N-ethyl adjacent to an activating group) is 1. The highest BCUT2D eigenvalue weighted by atomic mass is 16.3. The van der Waals surface area contributed by atoms with Crippen LogP contribution in [0.4, 0.5) is 0 Å². The fourth-order valence-electron chi connectivity index (χ4n) is 2.43. The maximum absolute atomic E-state index is 5.46. The third-order valence-corrected chi connectivity index (χ3v) is 3.40. The molecule has 18 heavy (non-hydrogen) atoms. The number of rotatable bonds is 7. The summed E-state index contributed by atoms with van der Waals surface area (Å²) < 4.78 is 5.46. The maximum atomic E-state index is 5.46. The monoisotopic (exact) mass is 245 g/mol. The molecule has 2 heteroatoms. The van der Waals surface area contributed by atoms with E-state index in [4.69, 9.17) is 4.42 Å². The van der Waals surface area contributed by atoms with E-state index in [9.17, 15) is 0 Å². The third kappa shape index (κ3) is 3.36.